The molecule has 0 saturated heterocycles. The number of ketones is 1. The average molecular weight is 410 g/mol. The van der Waals surface area contributed by atoms with Gasteiger partial charge in [-0.3, -0.25) is 14.9 Å². The van der Waals surface area contributed by atoms with Crippen molar-refractivity contribution in [1.29, 1.82) is 0 Å². The Morgan fingerprint density at radius 1 is 1.10 bits per heavy atom. The Labute approximate surface area is 171 Å². The first-order chi connectivity index (χ1) is 14.0. The summed E-state index contributed by atoms with van der Waals surface area (Å²) in [6, 6.07) is 18.2. The highest BCUT2D eigenvalue weighted by molar-refractivity contribution is 7.18. The molecule has 0 aliphatic carbocycles. The fraction of sp³-hybridized carbons (Fsp3) is 0.143. The second-order valence-corrected chi connectivity index (χ2v) is 7.24. The molecule has 0 amide bonds. The van der Waals surface area contributed by atoms with E-state index in [1.807, 2.05) is 30.3 Å². The van der Waals surface area contributed by atoms with Gasteiger partial charge in [0.25, 0.3) is 0 Å². The van der Waals surface area contributed by atoms with Crippen LogP contribution in [0, 0.1) is 10.1 Å². The molecule has 0 aliphatic rings. The summed E-state index contributed by atoms with van der Waals surface area (Å²) in [6.45, 7) is 0. The molecule has 1 heterocycles. The van der Waals surface area contributed by atoms with Crippen molar-refractivity contribution in [2.75, 3.05) is 12.4 Å². The van der Waals surface area contributed by atoms with Crippen LogP contribution in [0.15, 0.2) is 66.7 Å². The minimum Gasteiger partial charge on any atom is -0.467 e. The highest BCUT2D eigenvalue weighted by atomic mass is 32.1. The third-order valence-corrected chi connectivity index (χ3v) is 5.30. The maximum Gasteiger partial charge on any atom is 0.328 e. The van der Waals surface area contributed by atoms with Crippen LogP contribution in [-0.2, 0) is 16.0 Å². The maximum atomic E-state index is 12.7. The van der Waals surface area contributed by atoms with E-state index in [4.69, 9.17) is 4.74 Å². The van der Waals surface area contributed by atoms with E-state index in [0.29, 0.717) is 5.56 Å². The summed E-state index contributed by atoms with van der Waals surface area (Å²) in [7, 11) is 1.26. The molecule has 0 radical (unpaired) electrons. The lowest BCUT2D eigenvalue weighted by Gasteiger charge is -2.16. The number of nitro groups is 1. The summed E-state index contributed by atoms with van der Waals surface area (Å²) >= 11 is 0.947. The van der Waals surface area contributed by atoms with Crippen LogP contribution in [-0.4, -0.2) is 29.8 Å². The molecule has 7 nitrogen and oxygen atoms in total. The summed E-state index contributed by atoms with van der Waals surface area (Å²) in [4.78, 5) is 36.1. The van der Waals surface area contributed by atoms with Gasteiger partial charge in [0.1, 0.15) is 6.04 Å². The number of carbonyl (C=O) groups excluding carboxylic acids is 2. The van der Waals surface area contributed by atoms with E-state index in [-0.39, 0.29) is 27.8 Å². The second kappa shape index (κ2) is 9.11. The molecule has 2 aromatic carbocycles. The van der Waals surface area contributed by atoms with Gasteiger partial charge in [0.05, 0.1) is 16.9 Å². The van der Waals surface area contributed by atoms with Gasteiger partial charge < -0.3 is 10.1 Å². The summed E-state index contributed by atoms with van der Waals surface area (Å²) in [6.07, 6.45) is 0.282. The van der Waals surface area contributed by atoms with Crippen molar-refractivity contribution in [3.05, 3.63) is 92.8 Å². The van der Waals surface area contributed by atoms with Gasteiger partial charge in [-0.25, -0.2) is 4.79 Å². The number of esters is 1. The van der Waals surface area contributed by atoms with Gasteiger partial charge in [0, 0.05) is 18.1 Å². The molecule has 1 aromatic heterocycles. The van der Waals surface area contributed by atoms with Crippen LogP contribution in [0.25, 0.3) is 0 Å². The van der Waals surface area contributed by atoms with Crippen molar-refractivity contribution in [2.45, 2.75) is 12.5 Å². The zero-order valence-electron chi connectivity index (χ0n) is 15.5. The van der Waals surface area contributed by atoms with Crippen LogP contribution >= 0.6 is 11.3 Å². The number of hydrogen-bond donors (Lipinski definition) is 1. The Morgan fingerprint density at radius 3 is 2.31 bits per heavy atom. The number of nitrogens with one attached hydrogen (secondary N) is 1. The number of carbonyl (C=O) groups is 2. The Hall–Kier alpha value is -3.52. The molecule has 29 heavy (non-hydrogen) atoms. The van der Waals surface area contributed by atoms with Crippen LogP contribution in [0.1, 0.15) is 20.8 Å². The van der Waals surface area contributed by atoms with Gasteiger partial charge in [-0.05, 0) is 5.56 Å². The van der Waals surface area contributed by atoms with Gasteiger partial charge >= 0.3 is 11.7 Å². The van der Waals surface area contributed by atoms with Crippen molar-refractivity contribution >= 4 is 33.8 Å². The molecule has 0 bridgehead atoms. The fourth-order valence-electron chi connectivity index (χ4n) is 2.81. The first-order valence-corrected chi connectivity index (χ1v) is 9.57. The number of nitrogens with zero attached hydrogens (tertiary/aromatic N) is 1. The zero-order chi connectivity index (χ0) is 20.8. The number of methoxy groups -OCH3 is 1. The normalized spacial score (nSPS) is 11.5. The molecule has 0 unspecified atom stereocenters. The molecule has 0 spiro atoms. The molecule has 0 aliphatic heterocycles. The lowest BCUT2D eigenvalue weighted by atomic mass is 10.1. The quantitative estimate of drug-likeness (QED) is 0.260. The maximum absolute atomic E-state index is 12.7. The second-order valence-electron chi connectivity index (χ2n) is 6.19. The van der Waals surface area contributed by atoms with E-state index < -0.39 is 16.9 Å². The van der Waals surface area contributed by atoms with E-state index >= 15 is 0 Å². The number of ether oxygens (including phenoxy) is 1. The molecule has 3 aromatic rings. The Morgan fingerprint density at radius 2 is 1.72 bits per heavy atom. The molecule has 1 atom stereocenters. The SMILES string of the molecule is COC(=O)[C@H](Cc1ccccc1)Nc1sc(C(=O)c2ccccc2)cc1[N+](=O)[O-]. The van der Waals surface area contributed by atoms with Crippen molar-refractivity contribution in [3.8, 4) is 0 Å². The van der Waals surface area contributed by atoms with Crippen molar-refractivity contribution in [1.82, 2.24) is 0 Å². The molecule has 1 N–H and O–H groups in total. The minimum atomic E-state index is -0.834. The third-order valence-electron chi connectivity index (χ3n) is 4.24. The monoisotopic (exact) mass is 410 g/mol. The fourth-order valence-corrected chi connectivity index (χ4v) is 3.85. The van der Waals surface area contributed by atoms with Gasteiger partial charge in [-0.1, -0.05) is 60.7 Å². The number of hydrogen-bond acceptors (Lipinski definition) is 7. The predicted molar refractivity (Wildman–Crippen MR) is 110 cm³/mol. The minimum absolute atomic E-state index is 0.139. The molecular formula is C21H18N2O5S. The number of rotatable bonds is 8. The molecule has 148 valence electrons. The van der Waals surface area contributed by atoms with Gasteiger partial charge in [-0.15, -0.1) is 11.3 Å². The van der Waals surface area contributed by atoms with E-state index in [0.717, 1.165) is 16.9 Å². The Balaban J connectivity index is 1.91. The van der Waals surface area contributed by atoms with Crippen molar-refractivity contribution in [2.24, 2.45) is 0 Å². The van der Waals surface area contributed by atoms with E-state index in [1.54, 1.807) is 30.3 Å². The smallest absolute Gasteiger partial charge is 0.328 e. The van der Waals surface area contributed by atoms with Gasteiger partial charge in [-0.2, -0.15) is 0 Å². The number of anilines is 1. The first kappa shape index (κ1) is 20.2. The molecule has 8 heteroatoms. The molecule has 0 fully saturated rings. The lowest BCUT2D eigenvalue weighted by molar-refractivity contribution is -0.383. The summed E-state index contributed by atoms with van der Waals surface area (Å²) < 4.78 is 4.85. The number of benzene rings is 2. The van der Waals surface area contributed by atoms with E-state index in [1.165, 1.54) is 13.2 Å². The molecular weight excluding hydrogens is 392 g/mol. The van der Waals surface area contributed by atoms with E-state index in [9.17, 15) is 19.7 Å². The average Bonchev–Trinajstić information content (AvgIpc) is 3.17. The highest BCUT2D eigenvalue weighted by Crippen LogP contribution is 2.36. The summed E-state index contributed by atoms with van der Waals surface area (Å²) in [5.41, 5.74) is 1.05. The van der Waals surface area contributed by atoms with Crippen LogP contribution in [0.3, 0.4) is 0 Å². The topological polar surface area (TPSA) is 98.5 Å². The molecule has 0 saturated carbocycles. The standard InChI is InChI=1S/C21H18N2O5S/c1-28-21(25)16(12-14-8-4-2-5-9-14)22-20-17(23(26)27)13-18(29-20)19(24)15-10-6-3-7-11-15/h2-11,13,16,22H,12H2,1H3/t16-/m0/s1. The van der Waals surface area contributed by atoms with Crippen LogP contribution in [0.4, 0.5) is 10.7 Å². The van der Waals surface area contributed by atoms with Crippen LogP contribution in [0.5, 0.6) is 0 Å². The zero-order valence-corrected chi connectivity index (χ0v) is 16.3. The summed E-state index contributed by atoms with van der Waals surface area (Å²) in [5, 5.41) is 14.6. The van der Waals surface area contributed by atoms with Crippen LogP contribution < -0.4 is 5.32 Å². The largest absolute Gasteiger partial charge is 0.467 e. The summed E-state index contributed by atoms with van der Waals surface area (Å²) in [5.74, 6) is -0.864. The van der Waals surface area contributed by atoms with Gasteiger partial charge in [0.2, 0.25) is 5.78 Å². The van der Waals surface area contributed by atoms with Crippen LogP contribution in [0.2, 0.25) is 0 Å². The Bertz CT molecular complexity index is 1020. The highest BCUT2D eigenvalue weighted by Gasteiger charge is 2.28. The third kappa shape index (κ3) is 4.85. The lowest BCUT2D eigenvalue weighted by Crippen LogP contribution is -2.32. The van der Waals surface area contributed by atoms with E-state index in [2.05, 4.69) is 5.32 Å². The number of thiophene rings is 1. The molecule has 3 rings (SSSR count). The van der Waals surface area contributed by atoms with Gasteiger partial charge in [0.15, 0.2) is 5.00 Å². The van der Waals surface area contributed by atoms with Crippen molar-refractivity contribution in [3.63, 3.8) is 0 Å². The predicted octanol–water partition coefficient (Wildman–Crippen LogP) is 4.08. The van der Waals surface area contributed by atoms with Crippen molar-refractivity contribution < 1.29 is 19.2 Å². The Kier molecular flexibility index (Phi) is 6.36. The first-order valence-electron chi connectivity index (χ1n) is 8.76.